The van der Waals surface area contributed by atoms with Crippen LogP contribution in [-0.4, -0.2) is 60.2 Å². The molecule has 2 nitrogen and oxygen atoms in total. The zero-order valence-corrected chi connectivity index (χ0v) is 9.00. The SMILES string of the molecule is OC(O)C(F)C(F)C(F)C(F)C(F)C(F)CCF. The van der Waals surface area contributed by atoms with Crippen molar-refractivity contribution in [2.75, 3.05) is 6.67 Å². The van der Waals surface area contributed by atoms with Gasteiger partial charge in [0.1, 0.15) is 6.17 Å². The molecule has 0 radical (unpaired) electrons. The Morgan fingerprint density at radius 2 is 1.06 bits per heavy atom. The first-order valence-electron chi connectivity index (χ1n) is 5.00. The van der Waals surface area contributed by atoms with Crippen LogP contribution in [0.2, 0.25) is 0 Å². The molecular formula is C9H13F7O2. The second kappa shape index (κ2) is 7.78. The van der Waals surface area contributed by atoms with Gasteiger partial charge in [0.25, 0.3) is 0 Å². The molecule has 0 aliphatic rings. The van der Waals surface area contributed by atoms with Gasteiger partial charge in [-0.15, -0.1) is 0 Å². The van der Waals surface area contributed by atoms with E-state index >= 15 is 0 Å². The van der Waals surface area contributed by atoms with E-state index in [0.717, 1.165) is 0 Å². The number of hydrogen-bond acceptors (Lipinski definition) is 2. The van der Waals surface area contributed by atoms with Crippen molar-refractivity contribution in [3.8, 4) is 0 Å². The van der Waals surface area contributed by atoms with Crippen molar-refractivity contribution < 1.29 is 40.9 Å². The van der Waals surface area contributed by atoms with Crippen molar-refractivity contribution in [3.05, 3.63) is 0 Å². The maximum absolute atomic E-state index is 13.0. The quantitative estimate of drug-likeness (QED) is 0.526. The van der Waals surface area contributed by atoms with E-state index in [2.05, 4.69) is 0 Å². The Morgan fingerprint density at radius 1 is 0.667 bits per heavy atom. The van der Waals surface area contributed by atoms with Crippen LogP contribution in [0.15, 0.2) is 0 Å². The molecule has 9 heteroatoms. The monoisotopic (exact) mass is 286 g/mol. The number of aliphatic hydroxyl groups is 2. The summed E-state index contributed by atoms with van der Waals surface area (Å²) >= 11 is 0. The molecule has 6 atom stereocenters. The number of halogens is 7. The molecular weight excluding hydrogens is 273 g/mol. The normalized spacial score (nSPS) is 22.3. The Hall–Kier alpha value is -0.570. The summed E-state index contributed by atoms with van der Waals surface area (Å²) in [7, 11) is 0. The standard InChI is InChI=1S/C9H13F7O2/c10-2-1-3(11)4(12)5(13)6(14)7(15)8(16)9(17)18/h3-9,17-18H,1-2H2. The molecule has 0 fully saturated rings. The minimum absolute atomic E-state index is 1.05. The molecule has 0 aromatic rings. The lowest BCUT2D eigenvalue weighted by molar-refractivity contribution is -0.132. The maximum atomic E-state index is 13.0. The summed E-state index contributed by atoms with van der Waals surface area (Å²) in [6.45, 7) is -1.33. The number of hydrogen-bond donors (Lipinski definition) is 2. The van der Waals surface area contributed by atoms with E-state index in [-0.39, 0.29) is 0 Å². The first kappa shape index (κ1) is 17.4. The average molecular weight is 286 g/mol. The van der Waals surface area contributed by atoms with Crippen molar-refractivity contribution in [2.45, 2.75) is 49.7 Å². The molecule has 0 spiro atoms. The third-order valence-corrected chi connectivity index (χ3v) is 2.23. The molecule has 0 rings (SSSR count). The first-order chi connectivity index (χ1) is 8.23. The Balaban J connectivity index is 4.52. The van der Waals surface area contributed by atoms with E-state index in [1.54, 1.807) is 0 Å². The molecule has 0 bridgehead atoms. The lowest BCUT2D eigenvalue weighted by Crippen LogP contribution is -2.45. The molecule has 0 aliphatic heterocycles. The van der Waals surface area contributed by atoms with Gasteiger partial charge in [0.05, 0.1) is 6.67 Å². The van der Waals surface area contributed by atoms with E-state index in [1.165, 1.54) is 0 Å². The largest absolute Gasteiger partial charge is 0.366 e. The highest BCUT2D eigenvalue weighted by molar-refractivity contribution is 4.89. The molecule has 2 N–H and O–H groups in total. The molecule has 0 heterocycles. The van der Waals surface area contributed by atoms with Crippen molar-refractivity contribution >= 4 is 0 Å². The highest BCUT2D eigenvalue weighted by Gasteiger charge is 2.44. The second-order valence-electron chi connectivity index (χ2n) is 3.63. The van der Waals surface area contributed by atoms with Gasteiger partial charge in [-0.05, 0) is 0 Å². The number of alkyl halides is 7. The summed E-state index contributed by atoms with van der Waals surface area (Å²) in [5.74, 6) is 0. The van der Waals surface area contributed by atoms with Crippen LogP contribution in [0.5, 0.6) is 0 Å². The van der Waals surface area contributed by atoms with Gasteiger partial charge in [0, 0.05) is 6.42 Å². The van der Waals surface area contributed by atoms with Gasteiger partial charge in [-0.3, -0.25) is 4.39 Å². The smallest absolute Gasteiger partial charge is 0.186 e. The molecule has 0 saturated heterocycles. The van der Waals surface area contributed by atoms with E-state index < -0.39 is 56.4 Å². The fourth-order valence-electron chi connectivity index (χ4n) is 1.15. The van der Waals surface area contributed by atoms with Crippen LogP contribution in [0.4, 0.5) is 30.7 Å². The van der Waals surface area contributed by atoms with Crippen LogP contribution in [0, 0.1) is 0 Å². The fraction of sp³-hybridized carbons (Fsp3) is 1.00. The Bertz CT molecular complexity index is 231. The lowest BCUT2D eigenvalue weighted by atomic mass is 10.0. The topological polar surface area (TPSA) is 40.5 Å². The zero-order valence-electron chi connectivity index (χ0n) is 9.00. The van der Waals surface area contributed by atoms with Gasteiger partial charge in [-0.2, -0.15) is 0 Å². The molecule has 0 saturated carbocycles. The fourth-order valence-corrected chi connectivity index (χ4v) is 1.15. The Kier molecular flexibility index (Phi) is 7.53. The van der Waals surface area contributed by atoms with Crippen molar-refractivity contribution in [1.29, 1.82) is 0 Å². The van der Waals surface area contributed by atoms with E-state index in [0.29, 0.717) is 0 Å². The van der Waals surface area contributed by atoms with E-state index in [4.69, 9.17) is 10.2 Å². The predicted molar refractivity (Wildman–Crippen MR) is 48.2 cm³/mol. The van der Waals surface area contributed by atoms with Gasteiger partial charge in [-0.1, -0.05) is 0 Å². The minimum atomic E-state index is -3.44. The molecule has 18 heavy (non-hydrogen) atoms. The van der Waals surface area contributed by atoms with E-state index in [9.17, 15) is 30.7 Å². The molecule has 0 aromatic carbocycles. The predicted octanol–water partition coefficient (Wildman–Crippen LogP) is 1.69. The van der Waals surface area contributed by atoms with Crippen LogP contribution >= 0.6 is 0 Å². The van der Waals surface area contributed by atoms with Gasteiger partial charge in [0.2, 0.25) is 0 Å². The van der Waals surface area contributed by atoms with Crippen LogP contribution in [0.25, 0.3) is 0 Å². The highest BCUT2D eigenvalue weighted by atomic mass is 19.2. The third kappa shape index (κ3) is 4.60. The van der Waals surface area contributed by atoms with Gasteiger partial charge >= 0.3 is 0 Å². The summed E-state index contributed by atoms with van der Waals surface area (Å²) in [6.07, 6.45) is -23.2. The Morgan fingerprint density at radius 3 is 1.44 bits per heavy atom. The summed E-state index contributed by atoms with van der Waals surface area (Å²) in [5.41, 5.74) is 0. The number of aliphatic hydroxyl groups excluding tert-OH is 1. The van der Waals surface area contributed by atoms with Crippen LogP contribution in [0.3, 0.4) is 0 Å². The van der Waals surface area contributed by atoms with Crippen LogP contribution in [-0.2, 0) is 0 Å². The van der Waals surface area contributed by atoms with Crippen molar-refractivity contribution in [1.82, 2.24) is 0 Å². The maximum Gasteiger partial charge on any atom is 0.186 e. The molecule has 0 aromatic heterocycles. The van der Waals surface area contributed by atoms with E-state index in [1.807, 2.05) is 0 Å². The summed E-state index contributed by atoms with van der Waals surface area (Å²) in [6, 6.07) is 0. The van der Waals surface area contributed by atoms with Crippen molar-refractivity contribution in [3.63, 3.8) is 0 Å². The summed E-state index contributed by atoms with van der Waals surface area (Å²) in [5, 5.41) is 16.4. The summed E-state index contributed by atoms with van der Waals surface area (Å²) < 4.78 is 88.5. The molecule has 110 valence electrons. The second-order valence-corrected chi connectivity index (χ2v) is 3.63. The van der Waals surface area contributed by atoms with Crippen molar-refractivity contribution in [2.24, 2.45) is 0 Å². The molecule has 0 amide bonds. The van der Waals surface area contributed by atoms with Crippen LogP contribution < -0.4 is 0 Å². The van der Waals surface area contributed by atoms with Gasteiger partial charge in [-0.25, -0.2) is 26.3 Å². The van der Waals surface area contributed by atoms with Gasteiger partial charge < -0.3 is 10.2 Å². The minimum Gasteiger partial charge on any atom is -0.366 e. The third-order valence-electron chi connectivity index (χ3n) is 2.23. The zero-order chi connectivity index (χ0) is 14.5. The molecule has 6 unspecified atom stereocenters. The summed E-state index contributed by atoms with van der Waals surface area (Å²) in [4.78, 5) is 0. The van der Waals surface area contributed by atoms with Crippen LogP contribution in [0.1, 0.15) is 6.42 Å². The highest BCUT2D eigenvalue weighted by Crippen LogP contribution is 2.25. The number of rotatable bonds is 8. The van der Waals surface area contributed by atoms with Gasteiger partial charge in [0.15, 0.2) is 37.1 Å². The lowest BCUT2D eigenvalue weighted by Gasteiger charge is -2.24. The Labute approximate surface area is 98.4 Å². The average Bonchev–Trinajstić information content (AvgIpc) is 2.34. The first-order valence-corrected chi connectivity index (χ1v) is 5.00. The molecule has 0 aliphatic carbocycles.